The van der Waals surface area contributed by atoms with Gasteiger partial charge in [-0.05, 0) is 20.3 Å². The van der Waals surface area contributed by atoms with Gasteiger partial charge in [0, 0.05) is 0 Å². The Hall–Kier alpha value is -1.39. The Morgan fingerprint density at radius 1 is 0.704 bits per heavy atom. The quantitative estimate of drug-likeness (QED) is 0.229. The lowest BCUT2D eigenvalue weighted by molar-refractivity contribution is -0.156. The SMILES string of the molecule is CCCCCCCCCCCCCCOC(=O)CCC(=O)OC(C)C(C)=O. The second-order valence-corrected chi connectivity index (χ2v) is 7.35. The molecule has 0 aromatic rings. The molecule has 158 valence electrons. The van der Waals surface area contributed by atoms with E-state index in [-0.39, 0.29) is 24.6 Å². The fourth-order valence-corrected chi connectivity index (χ4v) is 2.74. The van der Waals surface area contributed by atoms with Gasteiger partial charge in [-0.2, -0.15) is 0 Å². The zero-order valence-electron chi connectivity index (χ0n) is 17.7. The van der Waals surface area contributed by atoms with Crippen molar-refractivity contribution in [2.75, 3.05) is 6.61 Å². The second kappa shape index (κ2) is 18.0. The highest BCUT2D eigenvalue weighted by Gasteiger charge is 2.15. The largest absolute Gasteiger partial charge is 0.466 e. The summed E-state index contributed by atoms with van der Waals surface area (Å²) in [6.07, 6.45) is 14.4. The van der Waals surface area contributed by atoms with Crippen LogP contribution in [0.2, 0.25) is 0 Å². The Bertz CT molecular complexity index is 406. The van der Waals surface area contributed by atoms with Gasteiger partial charge in [0.15, 0.2) is 11.9 Å². The van der Waals surface area contributed by atoms with E-state index in [1.54, 1.807) is 0 Å². The Balaban J connectivity index is 3.36. The molecule has 0 aromatic heterocycles. The first-order chi connectivity index (χ1) is 13.0. The monoisotopic (exact) mass is 384 g/mol. The van der Waals surface area contributed by atoms with E-state index >= 15 is 0 Å². The maximum atomic E-state index is 11.6. The number of ketones is 1. The van der Waals surface area contributed by atoms with Crippen molar-refractivity contribution in [3.63, 3.8) is 0 Å². The van der Waals surface area contributed by atoms with Crippen LogP contribution in [0.15, 0.2) is 0 Å². The van der Waals surface area contributed by atoms with Gasteiger partial charge in [0.1, 0.15) is 0 Å². The topological polar surface area (TPSA) is 69.7 Å². The maximum Gasteiger partial charge on any atom is 0.307 e. The molecule has 0 radical (unpaired) electrons. The molecule has 5 heteroatoms. The van der Waals surface area contributed by atoms with E-state index in [1.165, 1.54) is 78.1 Å². The lowest BCUT2D eigenvalue weighted by atomic mass is 10.1. The molecule has 0 aliphatic heterocycles. The molecule has 0 rings (SSSR count). The summed E-state index contributed by atoms with van der Waals surface area (Å²) in [5, 5.41) is 0. The average Bonchev–Trinajstić information content (AvgIpc) is 2.63. The molecule has 0 fully saturated rings. The number of ether oxygens (including phenoxy) is 2. The second-order valence-electron chi connectivity index (χ2n) is 7.35. The first-order valence-electron chi connectivity index (χ1n) is 10.8. The van der Waals surface area contributed by atoms with E-state index < -0.39 is 12.1 Å². The standard InChI is InChI=1S/C22H40O5/c1-4-5-6-7-8-9-10-11-12-13-14-15-18-26-21(24)16-17-22(25)27-20(3)19(2)23/h20H,4-18H2,1-3H3. The van der Waals surface area contributed by atoms with Crippen molar-refractivity contribution in [3.8, 4) is 0 Å². The molecule has 0 aliphatic carbocycles. The fourth-order valence-electron chi connectivity index (χ4n) is 2.74. The van der Waals surface area contributed by atoms with Crippen molar-refractivity contribution in [1.82, 2.24) is 0 Å². The van der Waals surface area contributed by atoms with E-state index in [1.807, 2.05) is 0 Å². The predicted octanol–water partition coefficient (Wildman–Crippen LogP) is 5.53. The van der Waals surface area contributed by atoms with E-state index in [0.717, 1.165) is 12.8 Å². The Kier molecular flexibility index (Phi) is 17.1. The molecule has 5 nitrogen and oxygen atoms in total. The summed E-state index contributed by atoms with van der Waals surface area (Å²) >= 11 is 0. The number of unbranched alkanes of at least 4 members (excludes halogenated alkanes) is 11. The average molecular weight is 385 g/mol. The number of carbonyl (C=O) groups is 3. The van der Waals surface area contributed by atoms with E-state index in [9.17, 15) is 14.4 Å². The van der Waals surface area contributed by atoms with Gasteiger partial charge in [0.25, 0.3) is 0 Å². The van der Waals surface area contributed by atoms with Gasteiger partial charge in [0.05, 0.1) is 19.4 Å². The highest BCUT2D eigenvalue weighted by Crippen LogP contribution is 2.12. The van der Waals surface area contributed by atoms with Crippen molar-refractivity contribution in [2.24, 2.45) is 0 Å². The van der Waals surface area contributed by atoms with E-state index in [0.29, 0.717) is 6.61 Å². The molecular weight excluding hydrogens is 344 g/mol. The number of hydrogen-bond acceptors (Lipinski definition) is 5. The molecule has 1 atom stereocenters. The number of carbonyl (C=O) groups excluding carboxylic acids is 3. The predicted molar refractivity (Wildman–Crippen MR) is 108 cm³/mol. The lowest BCUT2D eigenvalue weighted by Crippen LogP contribution is -2.22. The van der Waals surface area contributed by atoms with Crippen molar-refractivity contribution < 1.29 is 23.9 Å². The molecule has 1 unspecified atom stereocenters. The Morgan fingerprint density at radius 2 is 1.15 bits per heavy atom. The number of esters is 2. The third-order valence-electron chi connectivity index (χ3n) is 4.67. The van der Waals surface area contributed by atoms with Crippen LogP contribution in [0.5, 0.6) is 0 Å². The minimum Gasteiger partial charge on any atom is -0.466 e. The van der Waals surface area contributed by atoms with Gasteiger partial charge in [-0.1, -0.05) is 77.6 Å². The Morgan fingerprint density at radius 3 is 1.63 bits per heavy atom. The molecule has 0 bridgehead atoms. The van der Waals surface area contributed by atoms with Gasteiger partial charge < -0.3 is 9.47 Å². The van der Waals surface area contributed by atoms with Crippen LogP contribution in [0.4, 0.5) is 0 Å². The summed E-state index contributed by atoms with van der Waals surface area (Å²) < 4.78 is 10.0. The summed E-state index contributed by atoms with van der Waals surface area (Å²) in [7, 11) is 0. The van der Waals surface area contributed by atoms with Gasteiger partial charge in [-0.15, -0.1) is 0 Å². The molecule has 0 aromatic carbocycles. The third-order valence-corrected chi connectivity index (χ3v) is 4.67. The van der Waals surface area contributed by atoms with E-state index in [2.05, 4.69) is 6.92 Å². The summed E-state index contributed by atoms with van der Waals surface area (Å²) in [4.78, 5) is 34.0. The van der Waals surface area contributed by atoms with Crippen molar-refractivity contribution >= 4 is 17.7 Å². The van der Waals surface area contributed by atoms with Gasteiger partial charge in [-0.25, -0.2) is 0 Å². The number of Topliss-reactive ketones (excluding diaryl/α,β-unsaturated/α-hetero) is 1. The first-order valence-corrected chi connectivity index (χ1v) is 10.8. The molecule has 0 amide bonds. The minimum atomic E-state index is -0.755. The van der Waals surface area contributed by atoms with Crippen LogP contribution in [0.1, 0.15) is 111 Å². The minimum absolute atomic E-state index is 0.00170. The van der Waals surface area contributed by atoms with Crippen LogP contribution in [0.3, 0.4) is 0 Å². The van der Waals surface area contributed by atoms with Crippen LogP contribution < -0.4 is 0 Å². The smallest absolute Gasteiger partial charge is 0.307 e. The van der Waals surface area contributed by atoms with Crippen molar-refractivity contribution in [2.45, 2.75) is 117 Å². The third kappa shape index (κ3) is 17.8. The molecule has 0 heterocycles. The molecule has 0 saturated heterocycles. The highest BCUT2D eigenvalue weighted by molar-refractivity contribution is 5.84. The zero-order valence-corrected chi connectivity index (χ0v) is 17.7. The lowest BCUT2D eigenvalue weighted by Gasteiger charge is -2.09. The van der Waals surface area contributed by atoms with Crippen LogP contribution in [-0.4, -0.2) is 30.4 Å². The summed E-state index contributed by atoms with van der Waals surface area (Å²) in [5.74, 6) is -1.14. The fraction of sp³-hybridized carbons (Fsp3) is 0.864. The van der Waals surface area contributed by atoms with Crippen LogP contribution in [0, 0.1) is 0 Å². The van der Waals surface area contributed by atoms with Crippen molar-refractivity contribution in [3.05, 3.63) is 0 Å². The Labute approximate surface area is 165 Å². The summed E-state index contributed by atoms with van der Waals surface area (Å²) in [6.45, 7) is 5.54. The van der Waals surface area contributed by atoms with Crippen molar-refractivity contribution in [1.29, 1.82) is 0 Å². The summed E-state index contributed by atoms with van der Waals surface area (Å²) in [5.41, 5.74) is 0. The van der Waals surface area contributed by atoms with Gasteiger partial charge in [-0.3, -0.25) is 14.4 Å². The zero-order chi connectivity index (χ0) is 20.3. The highest BCUT2D eigenvalue weighted by atomic mass is 16.5. The van der Waals surface area contributed by atoms with Gasteiger partial charge in [0.2, 0.25) is 0 Å². The maximum absolute atomic E-state index is 11.6. The molecule has 0 saturated carbocycles. The normalized spacial score (nSPS) is 11.8. The molecule has 27 heavy (non-hydrogen) atoms. The first kappa shape index (κ1) is 25.6. The molecule has 0 aliphatic rings. The van der Waals surface area contributed by atoms with Crippen LogP contribution in [-0.2, 0) is 23.9 Å². The number of hydrogen-bond donors (Lipinski definition) is 0. The summed E-state index contributed by atoms with van der Waals surface area (Å²) in [6, 6.07) is 0. The number of rotatable bonds is 18. The van der Waals surface area contributed by atoms with Crippen LogP contribution in [0.25, 0.3) is 0 Å². The molecule has 0 spiro atoms. The van der Waals surface area contributed by atoms with Gasteiger partial charge >= 0.3 is 11.9 Å². The van der Waals surface area contributed by atoms with Crippen LogP contribution >= 0.6 is 0 Å². The molecular formula is C22H40O5. The van der Waals surface area contributed by atoms with E-state index in [4.69, 9.17) is 9.47 Å². The molecule has 0 N–H and O–H groups in total.